The van der Waals surface area contributed by atoms with Gasteiger partial charge in [-0.25, -0.2) is 0 Å². The average molecular weight is 669 g/mol. The number of aliphatic hydroxyl groups excluding tert-OH is 3. The Balaban J connectivity index is 3.48. The molecule has 0 aliphatic carbocycles. The highest BCUT2D eigenvalue weighted by Gasteiger charge is 1.95. The Labute approximate surface area is 302 Å². The van der Waals surface area contributed by atoms with E-state index in [1.54, 1.807) is 12.2 Å². The van der Waals surface area contributed by atoms with Crippen molar-refractivity contribution in [1.82, 2.24) is 0 Å². The molecule has 3 nitrogen and oxygen atoms in total. The standard InChI is InChI=1S/C46H68O3/c1-3-44(47)40-36-32-28-24-22-20-18-16-14-12-10-8-6-5-7-9-11-13-15-17-19-21-23-25-30-34-38-42-46(49)43-39-35-31-27-26-29-33-37-41-45(48)4-2/h1-2,7,9,19,21,30,34,36-37,40-41,44-49H,5-6,8,10-18,20,22-29,31-33,35H2/b9-7-,21-19-,34-30+,40-36+,41-37+/t44-,45-,46-/m1/s1. The molecule has 0 radical (unpaired) electrons. The van der Waals surface area contributed by atoms with E-state index in [1.807, 2.05) is 24.3 Å². The highest BCUT2D eigenvalue weighted by molar-refractivity contribution is 5.24. The lowest BCUT2D eigenvalue weighted by atomic mass is 10.0. The zero-order chi connectivity index (χ0) is 35.7. The Morgan fingerprint density at radius 1 is 0.408 bits per heavy atom. The zero-order valence-electron chi connectivity index (χ0n) is 30.7. The summed E-state index contributed by atoms with van der Waals surface area (Å²) in [4.78, 5) is 0. The van der Waals surface area contributed by atoms with Gasteiger partial charge >= 0.3 is 0 Å². The van der Waals surface area contributed by atoms with Gasteiger partial charge in [0, 0.05) is 6.42 Å². The summed E-state index contributed by atoms with van der Waals surface area (Å²) >= 11 is 0. The van der Waals surface area contributed by atoms with Gasteiger partial charge in [0.05, 0.1) is 0 Å². The number of unbranched alkanes of at least 4 members (excludes halogenated alkanes) is 21. The number of allylic oxidation sites excluding steroid dienone is 8. The van der Waals surface area contributed by atoms with Crippen molar-refractivity contribution >= 4 is 0 Å². The first-order chi connectivity index (χ1) is 24.1. The van der Waals surface area contributed by atoms with Crippen LogP contribution in [0, 0.1) is 48.4 Å². The van der Waals surface area contributed by atoms with Gasteiger partial charge in [-0.2, -0.15) is 0 Å². The largest absolute Gasteiger partial charge is 0.377 e. The Morgan fingerprint density at radius 2 is 0.776 bits per heavy atom. The average Bonchev–Trinajstić information content (AvgIpc) is 3.11. The summed E-state index contributed by atoms with van der Waals surface area (Å²) in [6.07, 6.45) is 58.1. The van der Waals surface area contributed by atoms with Crippen LogP contribution < -0.4 is 0 Å². The fourth-order valence-corrected chi connectivity index (χ4v) is 5.17. The predicted molar refractivity (Wildman–Crippen MR) is 212 cm³/mol. The first-order valence-electron chi connectivity index (χ1n) is 19.3. The number of rotatable bonds is 30. The van der Waals surface area contributed by atoms with Crippen LogP contribution in [0.1, 0.15) is 161 Å². The van der Waals surface area contributed by atoms with Crippen LogP contribution in [-0.2, 0) is 0 Å². The van der Waals surface area contributed by atoms with Crippen molar-refractivity contribution in [2.24, 2.45) is 0 Å². The summed E-state index contributed by atoms with van der Waals surface area (Å²) in [7, 11) is 0. The van der Waals surface area contributed by atoms with Crippen LogP contribution in [0.2, 0.25) is 0 Å². The summed E-state index contributed by atoms with van der Waals surface area (Å²) in [5.74, 6) is 16.0. The quantitative estimate of drug-likeness (QED) is 0.0406. The molecular weight excluding hydrogens is 601 g/mol. The number of hydrogen-bond acceptors (Lipinski definition) is 3. The molecule has 0 rings (SSSR count). The first kappa shape index (κ1) is 45.8. The highest BCUT2D eigenvalue weighted by Crippen LogP contribution is 2.13. The lowest BCUT2D eigenvalue weighted by molar-refractivity contribution is 0.280. The molecule has 0 saturated heterocycles. The molecule has 270 valence electrons. The molecule has 0 aromatic rings. The smallest absolute Gasteiger partial charge is 0.176 e. The van der Waals surface area contributed by atoms with E-state index < -0.39 is 18.3 Å². The minimum Gasteiger partial charge on any atom is -0.377 e. The molecule has 0 saturated carbocycles. The van der Waals surface area contributed by atoms with E-state index >= 15 is 0 Å². The molecule has 0 aromatic carbocycles. The van der Waals surface area contributed by atoms with Gasteiger partial charge in [0.1, 0.15) is 12.2 Å². The predicted octanol–water partition coefficient (Wildman–Crippen LogP) is 10.9. The van der Waals surface area contributed by atoms with Crippen LogP contribution >= 0.6 is 0 Å². The maximum absolute atomic E-state index is 9.88. The summed E-state index contributed by atoms with van der Waals surface area (Å²) in [5.41, 5.74) is 0. The van der Waals surface area contributed by atoms with Crippen LogP contribution in [0.5, 0.6) is 0 Å². The number of terminal acetylenes is 2. The van der Waals surface area contributed by atoms with E-state index in [4.69, 9.17) is 12.8 Å². The zero-order valence-corrected chi connectivity index (χ0v) is 30.7. The van der Waals surface area contributed by atoms with Crippen molar-refractivity contribution in [1.29, 1.82) is 0 Å². The normalized spacial score (nSPS) is 13.4. The maximum Gasteiger partial charge on any atom is 0.176 e. The van der Waals surface area contributed by atoms with Gasteiger partial charge in [-0.05, 0) is 102 Å². The van der Waals surface area contributed by atoms with Crippen molar-refractivity contribution in [3.05, 3.63) is 60.8 Å². The van der Waals surface area contributed by atoms with Gasteiger partial charge in [-0.1, -0.05) is 149 Å². The van der Waals surface area contributed by atoms with Gasteiger partial charge < -0.3 is 15.3 Å². The molecule has 0 amide bonds. The molecule has 0 aliphatic rings. The van der Waals surface area contributed by atoms with Crippen LogP contribution in [-0.4, -0.2) is 33.6 Å². The topological polar surface area (TPSA) is 60.7 Å². The van der Waals surface area contributed by atoms with Crippen molar-refractivity contribution in [3.8, 4) is 48.4 Å². The van der Waals surface area contributed by atoms with Crippen LogP contribution in [0.15, 0.2) is 60.8 Å². The van der Waals surface area contributed by atoms with Gasteiger partial charge in [0.2, 0.25) is 0 Å². The van der Waals surface area contributed by atoms with Gasteiger partial charge in [-0.3, -0.25) is 0 Å². The lowest BCUT2D eigenvalue weighted by Gasteiger charge is -2.02. The molecule has 0 heterocycles. The molecule has 0 spiro atoms. The van der Waals surface area contributed by atoms with Crippen LogP contribution in [0.3, 0.4) is 0 Å². The highest BCUT2D eigenvalue weighted by atomic mass is 16.3. The molecule has 3 N–H and O–H groups in total. The maximum atomic E-state index is 9.88. The van der Waals surface area contributed by atoms with Gasteiger partial charge in [0.15, 0.2) is 6.10 Å². The lowest BCUT2D eigenvalue weighted by Crippen LogP contribution is -1.97. The van der Waals surface area contributed by atoms with E-state index in [2.05, 4.69) is 59.8 Å². The molecule has 3 heteroatoms. The van der Waals surface area contributed by atoms with E-state index in [0.717, 1.165) is 64.2 Å². The van der Waals surface area contributed by atoms with Crippen molar-refractivity contribution in [3.63, 3.8) is 0 Å². The fourth-order valence-electron chi connectivity index (χ4n) is 5.17. The second-order valence-electron chi connectivity index (χ2n) is 12.7. The van der Waals surface area contributed by atoms with E-state index in [9.17, 15) is 15.3 Å². The molecule has 0 fully saturated rings. The summed E-state index contributed by atoms with van der Waals surface area (Å²) in [6, 6.07) is 0. The molecule has 0 aliphatic heterocycles. The van der Waals surface area contributed by atoms with Crippen molar-refractivity contribution in [2.75, 3.05) is 0 Å². The summed E-state index contributed by atoms with van der Waals surface area (Å²) < 4.78 is 0. The molecule has 3 atom stereocenters. The Hall–Kier alpha value is -3.18. The third kappa shape index (κ3) is 39.1. The molecular formula is C46H68O3. The monoisotopic (exact) mass is 669 g/mol. The third-order valence-electron chi connectivity index (χ3n) is 8.13. The number of aliphatic hydroxyl groups is 3. The minimum absolute atomic E-state index is 0.725. The van der Waals surface area contributed by atoms with Crippen molar-refractivity contribution in [2.45, 2.75) is 179 Å². The van der Waals surface area contributed by atoms with Gasteiger partial charge in [-0.15, -0.1) is 12.8 Å². The Morgan fingerprint density at radius 3 is 1.24 bits per heavy atom. The summed E-state index contributed by atoms with van der Waals surface area (Å²) in [5, 5.41) is 28.4. The number of hydrogen-bond donors (Lipinski definition) is 3. The molecule has 49 heavy (non-hydrogen) atoms. The van der Waals surface area contributed by atoms with E-state index in [0.29, 0.717) is 0 Å². The fraction of sp³-hybridized carbons (Fsp3) is 0.609. The third-order valence-corrected chi connectivity index (χ3v) is 8.13. The second-order valence-corrected chi connectivity index (χ2v) is 12.7. The van der Waals surface area contributed by atoms with Gasteiger partial charge in [0.25, 0.3) is 0 Å². The minimum atomic E-state index is -0.887. The molecule has 0 bridgehead atoms. The molecule has 0 unspecified atom stereocenters. The Kier molecular flexibility index (Phi) is 36.7. The first-order valence-corrected chi connectivity index (χ1v) is 19.3. The SMILES string of the molecule is C#C[C@@H](O)/C=C/CCCCCCC#C[C@H](O)C#C/C=C/CC/C=C\CCCC/C=C\CCCCCCCCCCCCC/C=C/[C@H](O)C#C. The second kappa shape index (κ2) is 39.3. The molecule has 0 aromatic heterocycles. The van der Waals surface area contributed by atoms with E-state index in [1.165, 1.54) is 96.3 Å². The van der Waals surface area contributed by atoms with Crippen molar-refractivity contribution < 1.29 is 15.3 Å². The van der Waals surface area contributed by atoms with Crippen LogP contribution in [0.25, 0.3) is 0 Å². The van der Waals surface area contributed by atoms with Crippen LogP contribution in [0.4, 0.5) is 0 Å². The summed E-state index contributed by atoms with van der Waals surface area (Å²) in [6.45, 7) is 0. The van der Waals surface area contributed by atoms with E-state index in [-0.39, 0.29) is 0 Å². The Bertz CT molecular complexity index is 1100.